The average molecular weight is 249 g/mol. The summed E-state index contributed by atoms with van der Waals surface area (Å²) in [6.45, 7) is 7.59. The predicted octanol–water partition coefficient (Wildman–Crippen LogP) is 4.25. The van der Waals surface area contributed by atoms with E-state index in [1.54, 1.807) is 0 Å². The van der Waals surface area contributed by atoms with Gasteiger partial charge in [-0.25, -0.2) is 4.98 Å². The summed E-state index contributed by atoms with van der Waals surface area (Å²) in [5.74, 6) is 0. The molecule has 3 heteroatoms. The molecule has 1 heterocycles. The highest BCUT2D eigenvalue weighted by Gasteiger charge is 2.14. The molecule has 0 fully saturated rings. The van der Waals surface area contributed by atoms with Gasteiger partial charge >= 0.3 is 0 Å². The highest BCUT2D eigenvalue weighted by Crippen LogP contribution is 2.25. The van der Waals surface area contributed by atoms with Gasteiger partial charge in [-0.05, 0) is 17.5 Å². The molecule has 0 aliphatic carbocycles. The number of imidazole rings is 1. The summed E-state index contributed by atoms with van der Waals surface area (Å²) in [5.41, 5.74) is 2.45. The third-order valence-corrected chi connectivity index (χ3v) is 2.71. The maximum Gasteiger partial charge on any atom is 0.0951 e. The fraction of sp³-hybridized carbons (Fsp3) is 0.357. The lowest BCUT2D eigenvalue weighted by Gasteiger charge is -2.20. The Labute approximate surface area is 107 Å². The van der Waals surface area contributed by atoms with Gasteiger partial charge in [-0.3, -0.25) is 0 Å². The molecule has 0 atom stereocenters. The second-order valence-corrected chi connectivity index (χ2v) is 5.91. The Hall–Kier alpha value is -1.28. The van der Waals surface area contributed by atoms with E-state index < -0.39 is 0 Å². The van der Waals surface area contributed by atoms with Crippen molar-refractivity contribution in [2.45, 2.75) is 27.3 Å². The maximum absolute atomic E-state index is 6.02. The molecular formula is C14H17ClN2. The first-order valence-corrected chi connectivity index (χ1v) is 6.09. The molecule has 0 saturated heterocycles. The fourth-order valence-corrected chi connectivity index (χ4v) is 2.04. The maximum atomic E-state index is 6.02. The van der Waals surface area contributed by atoms with E-state index in [9.17, 15) is 0 Å². The van der Waals surface area contributed by atoms with Gasteiger partial charge in [0.1, 0.15) is 0 Å². The second-order valence-electron chi connectivity index (χ2n) is 5.48. The molecule has 90 valence electrons. The number of nitrogens with zero attached hydrogens (tertiary/aromatic N) is 2. The molecule has 0 saturated carbocycles. The van der Waals surface area contributed by atoms with Crippen LogP contribution in [0.15, 0.2) is 36.8 Å². The lowest BCUT2D eigenvalue weighted by atomic mass is 9.96. The standard InChI is InChI=1S/C14H17ClN2/c1-14(2,3)9-17-10-16-8-13(17)11-5-4-6-12(15)7-11/h4-8,10H,9H2,1-3H3. The van der Waals surface area contributed by atoms with E-state index in [2.05, 4.69) is 36.4 Å². The van der Waals surface area contributed by atoms with Crippen molar-refractivity contribution >= 4 is 11.6 Å². The summed E-state index contributed by atoms with van der Waals surface area (Å²) in [6, 6.07) is 7.88. The number of aromatic nitrogens is 2. The van der Waals surface area contributed by atoms with Crippen LogP contribution in [0.1, 0.15) is 20.8 Å². The molecule has 2 rings (SSSR count). The van der Waals surface area contributed by atoms with Crippen LogP contribution < -0.4 is 0 Å². The quantitative estimate of drug-likeness (QED) is 0.777. The zero-order valence-corrected chi connectivity index (χ0v) is 11.2. The molecule has 1 aromatic heterocycles. The smallest absolute Gasteiger partial charge is 0.0951 e. The molecular weight excluding hydrogens is 232 g/mol. The molecule has 1 aromatic carbocycles. The highest BCUT2D eigenvalue weighted by molar-refractivity contribution is 6.30. The topological polar surface area (TPSA) is 17.8 Å². The summed E-state index contributed by atoms with van der Waals surface area (Å²) in [6.07, 6.45) is 3.76. The molecule has 0 aliphatic rings. The van der Waals surface area contributed by atoms with Crippen molar-refractivity contribution in [2.24, 2.45) is 5.41 Å². The molecule has 17 heavy (non-hydrogen) atoms. The van der Waals surface area contributed by atoms with Crippen LogP contribution in [0.4, 0.5) is 0 Å². The third kappa shape index (κ3) is 3.10. The van der Waals surface area contributed by atoms with Gasteiger partial charge in [-0.15, -0.1) is 0 Å². The Bertz CT molecular complexity index is 509. The van der Waals surface area contributed by atoms with Gasteiger partial charge in [-0.2, -0.15) is 0 Å². The summed E-state index contributed by atoms with van der Waals surface area (Å²) < 4.78 is 2.17. The van der Waals surface area contributed by atoms with Crippen molar-refractivity contribution in [1.82, 2.24) is 9.55 Å². The van der Waals surface area contributed by atoms with Crippen LogP contribution in [-0.2, 0) is 6.54 Å². The first kappa shape index (κ1) is 12.2. The van der Waals surface area contributed by atoms with E-state index in [-0.39, 0.29) is 5.41 Å². The highest BCUT2D eigenvalue weighted by atomic mass is 35.5. The SMILES string of the molecule is CC(C)(C)Cn1cncc1-c1cccc(Cl)c1. The molecule has 0 spiro atoms. The van der Waals surface area contributed by atoms with Crippen LogP contribution in [0.25, 0.3) is 11.3 Å². The lowest BCUT2D eigenvalue weighted by molar-refractivity contribution is 0.345. The Balaban J connectivity index is 2.37. The summed E-state index contributed by atoms with van der Waals surface area (Å²) in [7, 11) is 0. The number of hydrogen-bond acceptors (Lipinski definition) is 1. The van der Waals surface area contributed by atoms with Crippen molar-refractivity contribution in [3.63, 3.8) is 0 Å². The predicted molar refractivity (Wildman–Crippen MR) is 72.1 cm³/mol. The van der Waals surface area contributed by atoms with Crippen molar-refractivity contribution in [2.75, 3.05) is 0 Å². The normalized spacial score (nSPS) is 11.8. The Morgan fingerprint density at radius 1 is 1.29 bits per heavy atom. The van der Waals surface area contributed by atoms with Gasteiger partial charge in [0.05, 0.1) is 18.2 Å². The third-order valence-electron chi connectivity index (χ3n) is 2.48. The molecule has 2 nitrogen and oxygen atoms in total. The Kier molecular flexibility index (Phi) is 3.25. The summed E-state index contributed by atoms with van der Waals surface area (Å²) in [4.78, 5) is 4.23. The van der Waals surface area contributed by atoms with Crippen LogP contribution in [0.5, 0.6) is 0 Å². The molecule has 0 aliphatic heterocycles. The number of rotatable bonds is 2. The van der Waals surface area contributed by atoms with Gasteiger partial charge in [0.2, 0.25) is 0 Å². The minimum Gasteiger partial charge on any atom is -0.330 e. The zero-order valence-electron chi connectivity index (χ0n) is 10.4. The number of halogens is 1. The average Bonchev–Trinajstić information content (AvgIpc) is 2.63. The van der Waals surface area contributed by atoms with Crippen LogP contribution in [0.2, 0.25) is 5.02 Å². The summed E-state index contributed by atoms with van der Waals surface area (Å²) in [5, 5.41) is 0.756. The van der Waals surface area contributed by atoms with E-state index in [1.807, 2.05) is 30.7 Å². The molecule has 0 N–H and O–H groups in total. The van der Waals surface area contributed by atoms with Gasteiger partial charge in [-0.1, -0.05) is 44.5 Å². The van der Waals surface area contributed by atoms with Crippen molar-refractivity contribution in [3.05, 3.63) is 41.8 Å². The molecule has 0 amide bonds. The van der Waals surface area contributed by atoms with E-state index in [4.69, 9.17) is 11.6 Å². The Morgan fingerprint density at radius 2 is 2.06 bits per heavy atom. The van der Waals surface area contributed by atoms with Crippen LogP contribution in [0.3, 0.4) is 0 Å². The van der Waals surface area contributed by atoms with E-state index >= 15 is 0 Å². The monoisotopic (exact) mass is 248 g/mol. The van der Waals surface area contributed by atoms with Crippen LogP contribution in [0, 0.1) is 5.41 Å². The molecule has 0 radical (unpaired) electrons. The fourth-order valence-electron chi connectivity index (χ4n) is 1.85. The minimum atomic E-state index is 0.230. The number of benzene rings is 1. The second kappa shape index (κ2) is 4.53. The molecule has 0 unspecified atom stereocenters. The zero-order chi connectivity index (χ0) is 12.5. The van der Waals surface area contributed by atoms with Crippen molar-refractivity contribution in [1.29, 1.82) is 0 Å². The molecule has 2 aromatic rings. The van der Waals surface area contributed by atoms with Crippen LogP contribution >= 0.6 is 11.6 Å². The van der Waals surface area contributed by atoms with Gasteiger partial charge in [0, 0.05) is 17.1 Å². The van der Waals surface area contributed by atoms with Gasteiger partial charge in [0.25, 0.3) is 0 Å². The first-order chi connectivity index (χ1) is 7.96. The van der Waals surface area contributed by atoms with Gasteiger partial charge < -0.3 is 4.57 Å². The first-order valence-electron chi connectivity index (χ1n) is 5.72. The number of hydrogen-bond donors (Lipinski definition) is 0. The van der Waals surface area contributed by atoms with E-state index in [0.29, 0.717) is 0 Å². The minimum absolute atomic E-state index is 0.230. The molecule has 0 bridgehead atoms. The summed E-state index contributed by atoms with van der Waals surface area (Å²) >= 11 is 6.02. The van der Waals surface area contributed by atoms with E-state index in [1.165, 1.54) is 0 Å². The van der Waals surface area contributed by atoms with Crippen molar-refractivity contribution < 1.29 is 0 Å². The lowest BCUT2D eigenvalue weighted by Crippen LogP contribution is -2.15. The van der Waals surface area contributed by atoms with Gasteiger partial charge in [0.15, 0.2) is 0 Å². The van der Waals surface area contributed by atoms with E-state index in [0.717, 1.165) is 22.8 Å². The van der Waals surface area contributed by atoms with Crippen LogP contribution in [-0.4, -0.2) is 9.55 Å². The van der Waals surface area contributed by atoms with Crippen molar-refractivity contribution in [3.8, 4) is 11.3 Å². The largest absolute Gasteiger partial charge is 0.330 e. The Morgan fingerprint density at radius 3 is 2.71 bits per heavy atom.